The zero-order valence-electron chi connectivity index (χ0n) is 18.7. The number of aromatic nitrogens is 3. The van der Waals surface area contributed by atoms with Crippen molar-refractivity contribution in [3.05, 3.63) is 69.8 Å². The predicted octanol–water partition coefficient (Wildman–Crippen LogP) is 3.01. The third-order valence-electron chi connectivity index (χ3n) is 6.49. The zero-order chi connectivity index (χ0) is 23.1. The van der Waals surface area contributed by atoms with Crippen LogP contribution in [-0.4, -0.2) is 44.3 Å². The van der Waals surface area contributed by atoms with Gasteiger partial charge in [-0.15, -0.1) is 0 Å². The van der Waals surface area contributed by atoms with E-state index >= 15 is 0 Å². The van der Waals surface area contributed by atoms with E-state index in [-0.39, 0.29) is 23.7 Å². The molecule has 33 heavy (non-hydrogen) atoms. The Hall–Kier alpha value is -3.36. The van der Waals surface area contributed by atoms with E-state index < -0.39 is 6.10 Å². The van der Waals surface area contributed by atoms with Crippen molar-refractivity contribution in [3.8, 4) is 0 Å². The van der Waals surface area contributed by atoms with Gasteiger partial charge in [-0.3, -0.25) is 4.57 Å². The normalized spacial score (nSPS) is 19.0. The Morgan fingerprint density at radius 3 is 2.82 bits per heavy atom. The lowest BCUT2D eigenvalue weighted by Gasteiger charge is -2.26. The number of rotatable bonds is 6. The molecule has 4 aromatic rings. The minimum Gasteiger partial charge on any atom is -0.461 e. The van der Waals surface area contributed by atoms with Gasteiger partial charge in [-0.2, -0.15) is 0 Å². The summed E-state index contributed by atoms with van der Waals surface area (Å²) in [7, 11) is 0. The molecule has 4 N–H and O–H groups in total. The van der Waals surface area contributed by atoms with Crippen molar-refractivity contribution in [2.75, 3.05) is 6.61 Å². The summed E-state index contributed by atoms with van der Waals surface area (Å²) >= 11 is 0. The molecule has 0 radical (unpaired) electrons. The second-order valence-corrected chi connectivity index (χ2v) is 8.68. The molecule has 0 spiro atoms. The van der Waals surface area contributed by atoms with Crippen molar-refractivity contribution in [3.63, 3.8) is 0 Å². The van der Waals surface area contributed by atoms with Crippen molar-refractivity contribution in [1.29, 1.82) is 0 Å². The summed E-state index contributed by atoms with van der Waals surface area (Å²) in [5.74, 6) is -0.365. The number of fused-ring (bicyclic) bond motifs is 1. The molecule has 3 unspecified atom stereocenters. The van der Waals surface area contributed by atoms with Crippen LogP contribution in [0.5, 0.6) is 0 Å². The lowest BCUT2D eigenvalue weighted by Crippen LogP contribution is -2.42. The largest absolute Gasteiger partial charge is 0.461 e. The molecule has 3 atom stereocenters. The lowest BCUT2D eigenvalue weighted by molar-refractivity contribution is 0.0519. The highest BCUT2D eigenvalue weighted by molar-refractivity contribution is 5.98. The van der Waals surface area contributed by atoms with Crippen LogP contribution in [0.3, 0.4) is 0 Å². The molecule has 0 saturated carbocycles. The van der Waals surface area contributed by atoms with Gasteiger partial charge < -0.3 is 25.1 Å². The molecule has 1 aliphatic heterocycles. The van der Waals surface area contributed by atoms with Crippen molar-refractivity contribution in [1.82, 2.24) is 19.9 Å². The Kier molecular flexibility index (Phi) is 5.55. The van der Waals surface area contributed by atoms with E-state index in [1.165, 1.54) is 0 Å². The first-order valence-corrected chi connectivity index (χ1v) is 11.4. The summed E-state index contributed by atoms with van der Waals surface area (Å²) in [5, 5.41) is 15.8. The molecule has 0 amide bonds. The number of aryl methyl sites for hydroxylation is 1. The monoisotopic (exact) mass is 448 g/mol. The highest BCUT2D eigenvalue weighted by atomic mass is 16.5. The number of aliphatic hydroxyl groups excluding tert-OH is 1. The van der Waals surface area contributed by atoms with E-state index in [9.17, 15) is 14.7 Å². The second kappa shape index (κ2) is 8.53. The quantitative estimate of drug-likeness (QED) is 0.339. The molecule has 8 heteroatoms. The fourth-order valence-corrected chi connectivity index (χ4v) is 5.04. The smallest absolute Gasteiger partial charge is 0.355 e. The minimum absolute atomic E-state index is 0.0352. The van der Waals surface area contributed by atoms with E-state index in [0.717, 1.165) is 33.1 Å². The highest BCUT2D eigenvalue weighted by Crippen LogP contribution is 2.30. The Bertz CT molecular complexity index is 1380. The van der Waals surface area contributed by atoms with Crippen LogP contribution in [0.25, 0.3) is 21.9 Å². The van der Waals surface area contributed by atoms with Gasteiger partial charge in [0.05, 0.1) is 23.7 Å². The number of ether oxygens (including phenoxy) is 1. The van der Waals surface area contributed by atoms with Gasteiger partial charge in [0.15, 0.2) is 0 Å². The number of para-hydroxylation sites is 2. The summed E-state index contributed by atoms with van der Waals surface area (Å²) in [5.41, 5.74) is 4.36. The predicted molar refractivity (Wildman–Crippen MR) is 126 cm³/mol. The van der Waals surface area contributed by atoms with Crippen molar-refractivity contribution in [2.24, 2.45) is 0 Å². The number of nitrogens with one attached hydrogen (secondary N) is 3. The summed E-state index contributed by atoms with van der Waals surface area (Å²) in [6.45, 7) is 4.65. The van der Waals surface area contributed by atoms with Crippen molar-refractivity contribution >= 4 is 27.9 Å². The Balaban J connectivity index is 1.41. The molecule has 3 heterocycles. The standard InChI is InChI=1S/C25H28N4O4/c1-3-33-24(31)21-17(15-7-4-5-9-18(15)27-21)13-14(2)26-20-11-12-29-22-16(23(20)30)8-6-10-19(22)28-25(29)32/h4-10,14,20,23,26-27,30H,3,11-13H2,1-2H3,(H,28,32). The molecule has 8 nitrogen and oxygen atoms in total. The van der Waals surface area contributed by atoms with E-state index in [2.05, 4.69) is 15.3 Å². The van der Waals surface area contributed by atoms with Gasteiger partial charge >= 0.3 is 11.7 Å². The van der Waals surface area contributed by atoms with Crippen LogP contribution in [0.2, 0.25) is 0 Å². The first-order chi connectivity index (χ1) is 16.0. The second-order valence-electron chi connectivity index (χ2n) is 8.68. The van der Waals surface area contributed by atoms with Crippen LogP contribution in [-0.2, 0) is 17.7 Å². The molecule has 172 valence electrons. The average molecular weight is 449 g/mol. The summed E-state index contributed by atoms with van der Waals surface area (Å²) in [4.78, 5) is 31.1. The fourth-order valence-electron chi connectivity index (χ4n) is 5.04. The first-order valence-electron chi connectivity index (χ1n) is 11.4. The number of nitrogens with zero attached hydrogens (tertiary/aromatic N) is 1. The van der Waals surface area contributed by atoms with Crippen LogP contribution >= 0.6 is 0 Å². The lowest BCUT2D eigenvalue weighted by atomic mass is 9.97. The maximum atomic E-state index is 12.6. The Morgan fingerprint density at radius 1 is 1.21 bits per heavy atom. The number of carbonyl (C=O) groups is 1. The Morgan fingerprint density at radius 2 is 2.00 bits per heavy atom. The first kappa shape index (κ1) is 21.5. The van der Waals surface area contributed by atoms with E-state index in [1.807, 2.05) is 49.4 Å². The number of esters is 1. The van der Waals surface area contributed by atoms with E-state index in [1.54, 1.807) is 11.5 Å². The third-order valence-corrected chi connectivity index (χ3v) is 6.49. The molecule has 5 rings (SSSR count). The maximum Gasteiger partial charge on any atom is 0.355 e. The van der Waals surface area contributed by atoms with Gasteiger partial charge in [0.25, 0.3) is 0 Å². The molecule has 0 aliphatic carbocycles. The number of carbonyl (C=O) groups excluding carboxylic acids is 1. The van der Waals surface area contributed by atoms with Gasteiger partial charge in [-0.25, -0.2) is 9.59 Å². The number of imidazole rings is 1. The van der Waals surface area contributed by atoms with Crippen LogP contribution < -0.4 is 11.0 Å². The zero-order valence-corrected chi connectivity index (χ0v) is 18.7. The van der Waals surface area contributed by atoms with Gasteiger partial charge in [0.2, 0.25) is 0 Å². The van der Waals surface area contributed by atoms with Crippen molar-refractivity contribution < 1.29 is 14.6 Å². The average Bonchev–Trinajstić information content (AvgIpc) is 3.28. The summed E-state index contributed by atoms with van der Waals surface area (Å²) < 4.78 is 6.97. The third kappa shape index (κ3) is 3.75. The summed E-state index contributed by atoms with van der Waals surface area (Å²) in [6.07, 6.45) is 0.428. The van der Waals surface area contributed by atoms with E-state index in [4.69, 9.17) is 4.74 Å². The van der Waals surface area contributed by atoms with Gasteiger partial charge in [0, 0.05) is 35.1 Å². The number of H-pyrrole nitrogens is 2. The Labute approximate surface area is 190 Å². The highest BCUT2D eigenvalue weighted by Gasteiger charge is 2.30. The maximum absolute atomic E-state index is 12.6. The van der Waals surface area contributed by atoms with Crippen LogP contribution in [0.4, 0.5) is 0 Å². The molecule has 2 aromatic carbocycles. The minimum atomic E-state index is -0.757. The molecule has 0 fully saturated rings. The van der Waals surface area contributed by atoms with Crippen LogP contribution in [0, 0.1) is 0 Å². The topological polar surface area (TPSA) is 112 Å². The molecule has 1 aliphatic rings. The van der Waals surface area contributed by atoms with E-state index in [0.29, 0.717) is 31.7 Å². The molecule has 0 saturated heterocycles. The SMILES string of the molecule is CCOC(=O)c1[nH]c2ccccc2c1CC(C)NC1CCn2c(=O)[nH]c3cccc(c32)C1O. The van der Waals surface area contributed by atoms with Crippen LogP contribution in [0.1, 0.15) is 48.0 Å². The van der Waals surface area contributed by atoms with Gasteiger partial charge in [0.1, 0.15) is 5.69 Å². The number of hydrogen-bond donors (Lipinski definition) is 4. The number of benzene rings is 2. The van der Waals surface area contributed by atoms with Gasteiger partial charge in [-0.05, 0) is 44.4 Å². The number of aliphatic hydroxyl groups is 1. The molecule has 2 aromatic heterocycles. The van der Waals surface area contributed by atoms with Crippen molar-refractivity contribution in [2.45, 2.75) is 51.4 Å². The van der Waals surface area contributed by atoms with Gasteiger partial charge in [-0.1, -0.05) is 30.3 Å². The number of aromatic amines is 2. The molecular formula is C25H28N4O4. The number of hydrogen-bond acceptors (Lipinski definition) is 5. The summed E-state index contributed by atoms with van der Waals surface area (Å²) in [6, 6.07) is 13.1. The molecule has 0 bridgehead atoms. The molecular weight excluding hydrogens is 420 g/mol. The van der Waals surface area contributed by atoms with Crippen LogP contribution in [0.15, 0.2) is 47.3 Å². The fraction of sp³-hybridized carbons (Fsp3) is 0.360.